The number of rotatable bonds is 8. The molecular formula is C24H28O4. The van der Waals surface area contributed by atoms with Crippen LogP contribution in [0.2, 0.25) is 0 Å². The molecule has 2 rings (SSSR count). The molecule has 4 nitrogen and oxygen atoms in total. The molecule has 28 heavy (non-hydrogen) atoms. The maximum absolute atomic E-state index is 11.9. The van der Waals surface area contributed by atoms with E-state index in [9.17, 15) is 9.59 Å². The average Bonchev–Trinajstić information content (AvgIpc) is 2.69. The van der Waals surface area contributed by atoms with Crippen molar-refractivity contribution < 1.29 is 19.1 Å². The van der Waals surface area contributed by atoms with Gasteiger partial charge in [0.2, 0.25) is 0 Å². The van der Waals surface area contributed by atoms with Gasteiger partial charge in [-0.15, -0.1) is 0 Å². The molecule has 4 heteroatoms. The van der Waals surface area contributed by atoms with Crippen LogP contribution in [0.5, 0.6) is 0 Å². The topological polar surface area (TPSA) is 52.6 Å². The van der Waals surface area contributed by atoms with Crippen molar-refractivity contribution in [3.63, 3.8) is 0 Å². The van der Waals surface area contributed by atoms with Crippen molar-refractivity contribution in [3.05, 3.63) is 82.9 Å². The van der Waals surface area contributed by atoms with E-state index in [2.05, 4.69) is 27.7 Å². The zero-order valence-electron chi connectivity index (χ0n) is 17.0. The van der Waals surface area contributed by atoms with Crippen LogP contribution in [-0.4, -0.2) is 11.9 Å². The van der Waals surface area contributed by atoms with Crippen molar-refractivity contribution in [1.29, 1.82) is 0 Å². The van der Waals surface area contributed by atoms with Gasteiger partial charge in [-0.1, -0.05) is 76.2 Å². The van der Waals surface area contributed by atoms with E-state index in [-0.39, 0.29) is 13.2 Å². The van der Waals surface area contributed by atoms with E-state index in [0.29, 0.717) is 11.8 Å². The Bertz CT molecular complexity index is 765. The first kappa shape index (κ1) is 21.4. The summed E-state index contributed by atoms with van der Waals surface area (Å²) in [6, 6.07) is 15.7. The maximum atomic E-state index is 11.9. The predicted octanol–water partition coefficient (Wildman–Crippen LogP) is 5.28. The zero-order valence-corrected chi connectivity index (χ0v) is 17.0. The minimum atomic E-state index is -0.571. The van der Waals surface area contributed by atoms with Crippen LogP contribution in [0.1, 0.15) is 61.8 Å². The first-order valence-electron chi connectivity index (χ1n) is 9.55. The van der Waals surface area contributed by atoms with Gasteiger partial charge in [0.05, 0.1) is 0 Å². The lowest BCUT2D eigenvalue weighted by molar-refractivity contribution is -0.141. The van der Waals surface area contributed by atoms with E-state index in [1.807, 2.05) is 48.5 Å². The SMILES string of the molecule is CC(C)c1ccccc1COC(=O)/C=C/C(=O)OCc1ccccc1C(C)C. The summed E-state index contributed by atoms with van der Waals surface area (Å²) in [5, 5.41) is 0. The highest BCUT2D eigenvalue weighted by Crippen LogP contribution is 2.20. The molecule has 2 aromatic rings. The Morgan fingerprint density at radius 2 is 1.07 bits per heavy atom. The van der Waals surface area contributed by atoms with Gasteiger partial charge in [-0.25, -0.2) is 9.59 Å². The summed E-state index contributed by atoms with van der Waals surface area (Å²) in [7, 11) is 0. The Hall–Kier alpha value is -2.88. The number of ether oxygens (including phenoxy) is 2. The first-order chi connectivity index (χ1) is 13.4. The van der Waals surface area contributed by atoms with Gasteiger partial charge in [0.25, 0.3) is 0 Å². The molecule has 2 aromatic carbocycles. The second-order valence-corrected chi connectivity index (χ2v) is 7.26. The molecule has 0 saturated carbocycles. The number of esters is 2. The van der Waals surface area contributed by atoms with Crippen LogP contribution in [0.25, 0.3) is 0 Å². The molecule has 0 spiro atoms. The predicted molar refractivity (Wildman–Crippen MR) is 110 cm³/mol. The van der Waals surface area contributed by atoms with Crippen LogP contribution in [-0.2, 0) is 32.3 Å². The molecule has 0 radical (unpaired) electrons. The number of carbonyl (C=O) groups is 2. The third-order valence-corrected chi connectivity index (χ3v) is 4.45. The molecular weight excluding hydrogens is 352 g/mol. The van der Waals surface area contributed by atoms with Crippen LogP contribution in [0.3, 0.4) is 0 Å². The second kappa shape index (κ2) is 10.5. The Labute approximate surface area is 167 Å². The van der Waals surface area contributed by atoms with Crippen LogP contribution >= 0.6 is 0 Å². The molecule has 0 aliphatic rings. The van der Waals surface area contributed by atoms with Crippen LogP contribution < -0.4 is 0 Å². The summed E-state index contributed by atoms with van der Waals surface area (Å²) in [5.41, 5.74) is 4.21. The van der Waals surface area contributed by atoms with E-state index in [4.69, 9.17) is 9.47 Å². The lowest BCUT2D eigenvalue weighted by Crippen LogP contribution is -2.07. The van der Waals surface area contributed by atoms with Gasteiger partial charge in [0, 0.05) is 12.2 Å². The summed E-state index contributed by atoms with van der Waals surface area (Å²) in [4.78, 5) is 23.8. The third kappa shape index (κ3) is 6.38. The van der Waals surface area contributed by atoms with Gasteiger partial charge in [0.15, 0.2) is 0 Å². The van der Waals surface area contributed by atoms with Gasteiger partial charge in [0.1, 0.15) is 13.2 Å². The van der Waals surface area contributed by atoms with Crippen molar-refractivity contribution in [2.75, 3.05) is 0 Å². The monoisotopic (exact) mass is 380 g/mol. The molecule has 0 bridgehead atoms. The summed E-state index contributed by atoms with van der Waals surface area (Å²) in [6.45, 7) is 8.71. The molecule has 0 aliphatic heterocycles. The second-order valence-electron chi connectivity index (χ2n) is 7.26. The Balaban J connectivity index is 1.85. The molecule has 0 amide bonds. The molecule has 0 heterocycles. The Morgan fingerprint density at radius 1 is 0.714 bits per heavy atom. The molecule has 0 N–H and O–H groups in total. The van der Waals surface area contributed by atoms with E-state index in [1.54, 1.807) is 0 Å². The van der Waals surface area contributed by atoms with Crippen molar-refractivity contribution >= 4 is 11.9 Å². The van der Waals surface area contributed by atoms with Gasteiger partial charge in [-0.3, -0.25) is 0 Å². The van der Waals surface area contributed by atoms with Crippen molar-refractivity contribution in [1.82, 2.24) is 0 Å². The number of hydrogen-bond acceptors (Lipinski definition) is 4. The molecule has 0 atom stereocenters. The fourth-order valence-electron chi connectivity index (χ4n) is 2.99. The largest absolute Gasteiger partial charge is 0.458 e. The lowest BCUT2D eigenvalue weighted by atomic mass is 9.98. The molecule has 0 saturated heterocycles. The lowest BCUT2D eigenvalue weighted by Gasteiger charge is -2.12. The third-order valence-electron chi connectivity index (χ3n) is 4.45. The van der Waals surface area contributed by atoms with E-state index < -0.39 is 11.9 Å². The maximum Gasteiger partial charge on any atom is 0.331 e. The average molecular weight is 380 g/mol. The van der Waals surface area contributed by atoms with E-state index in [0.717, 1.165) is 34.4 Å². The van der Waals surface area contributed by atoms with Crippen LogP contribution in [0.15, 0.2) is 60.7 Å². The van der Waals surface area contributed by atoms with Crippen molar-refractivity contribution in [2.45, 2.75) is 52.7 Å². The summed E-state index contributed by atoms with van der Waals surface area (Å²) < 4.78 is 10.5. The number of benzene rings is 2. The Kier molecular flexibility index (Phi) is 8.00. The smallest absolute Gasteiger partial charge is 0.331 e. The quantitative estimate of drug-likeness (QED) is 0.462. The minimum absolute atomic E-state index is 0.175. The summed E-state index contributed by atoms with van der Waals surface area (Å²) >= 11 is 0. The summed E-state index contributed by atoms with van der Waals surface area (Å²) in [5.74, 6) is -0.459. The molecule has 0 fully saturated rings. The van der Waals surface area contributed by atoms with Gasteiger partial charge >= 0.3 is 11.9 Å². The molecule has 0 aliphatic carbocycles. The van der Waals surface area contributed by atoms with Crippen molar-refractivity contribution in [3.8, 4) is 0 Å². The Morgan fingerprint density at radius 3 is 1.43 bits per heavy atom. The van der Waals surface area contributed by atoms with Crippen LogP contribution in [0, 0.1) is 0 Å². The van der Waals surface area contributed by atoms with Crippen LogP contribution in [0.4, 0.5) is 0 Å². The van der Waals surface area contributed by atoms with E-state index in [1.165, 1.54) is 0 Å². The highest BCUT2D eigenvalue weighted by Gasteiger charge is 2.09. The fourth-order valence-corrected chi connectivity index (χ4v) is 2.99. The van der Waals surface area contributed by atoms with Gasteiger partial charge in [-0.2, -0.15) is 0 Å². The van der Waals surface area contributed by atoms with E-state index >= 15 is 0 Å². The van der Waals surface area contributed by atoms with Gasteiger partial charge in [-0.05, 0) is 34.1 Å². The number of carbonyl (C=O) groups excluding carboxylic acids is 2. The highest BCUT2D eigenvalue weighted by atomic mass is 16.5. The fraction of sp³-hybridized carbons (Fsp3) is 0.333. The molecule has 0 unspecified atom stereocenters. The minimum Gasteiger partial charge on any atom is -0.458 e. The molecule has 148 valence electrons. The normalized spacial score (nSPS) is 11.2. The molecule has 0 aromatic heterocycles. The number of hydrogen-bond donors (Lipinski definition) is 0. The summed E-state index contributed by atoms with van der Waals surface area (Å²) in [6.07, 6.45) is 2.21. The van der Waals surface area contributed by atoms with Gasteiger partial charge < -0.3 is 9.47 Å². The zero-order chi connectivity index (χ0) is 20.5. The standard InChI is InChI=1S/C24H28O4/c1-17(2)21-11-7-5-9-19(21)15-27-23(25)13-14-24(26)28-16-20-10-6-8-12-22(20)18(3)4/h5-14,17-18H,15-16H2,1-4H3/b14-13+. The van der Waals surface area contributed by atoms with Crippen molar-refractivity contribution in [2.24, 2.45) is 0 Å². The first-order valence-corrected chi connectivity index (χ1v) is 9.55. The highest BCUT2D eigenvalue weighted by molar-refractivity contribution is 5.91.